The third-order valence-electron chi connectivity index (χ3n) is 1.98. The molecule has 2 aromatic heterocycles. The normalized spacial score (nSPS) is 13.5. The van der Waals surface area contributed by atoms with Crippen molar-refractivity contribution in [3.05, 3.63) is 34.7 Å². The minimum absolute atomic E-state index is 0.00852. The van der Waals surface area contributed by atoms with Gasteiger partial charge in [0.2, 0.25) is 0 Å². The molecule has 0 radical (unpaired) electrons. The van der Waals surface area contributed by atoms with Crippen LogP contribution in [-0.2, 0) is 0 Å². The quantitative estimate of drug-likeness (QED) is 0.829. The van der Waals surface area contributed by atoms with Gasteiger partial charge in [-0.15, -0.1) is 0 Å². The molecule has 2 N–H and O–H groups in total. The Hall–Kier alpha value is -0.870. The van der Waals surface area contributed by atoms with E-state index in [0.29, 0.717) is 0 Å². The van der Waals surface area contributed by atoms with Gasteiger partial charge >= 0.3 is 0 Å². The van der Waals surface area contributed by atoms with Crippen molar-refractivity contribution in [3.8, 4) is 0 Å². The minimum atomic E-state index is 0.00852. The summed E-state index contributed by atoms with van der Waals surface area (Å²) in [5.41, 5.74) is 7.81. The number of hydrogen-bond donors (Lipinski definition) is 1. The summed E-state index contributed by atoms with van der Waals surface area (Å²) >= 11 is 3.43. The van der Waals surface area contributed by atoms with E-state index >= 15 is 0 Å². The van der Waals surface area contributed by atoms with E-state index in [1.54, 1.807) is 6.20 Å². The summed E-state index contributed by atoms with van der Waals surface area (Å²) in [6.45, 7) is 1.96. The van der Waals surface area contributed by atoms with Gasteiger partial charge in [0.25, 0.3) is 0 Å². The summed E-state index contributed by atoms with van der Waals surface area (Å²) in [4.78, 5) is 4.22. The molecular weight excluding hydrogens is 230 g/mol. The second kappa shape index (κ2) is 3.12. The molecule has 0 amide bonds. The van der Waals surface area contributed by atoms with Gasteiger partial charge in [-0.05, 0) is 35.0 Å². The highest BCUT2D eigenvalue weighted by Crippen LogP contribution is 2.18. The number of nitrogens with zero attached hydrogens (tertiary/aromatic N) is 2. The molecule has 0 aliphatic rings. The van der Waals surface area contributed by atoms with Crippen LogP contribution >= 0.6 is 15.9 Å². The van der Waals surface area contributed by atoms with Gasteiger partial charge in [-0.25, -0.2) is 4.98 Å². The Morgan fingerprint density at radius 1 is 1.54 bits per heavy atom. The van der Waals surface area contributed by atoms with Crippen molar-refractivity contribution >= 4 is 21.6 Å². The van der Waals surface area contributed by atoms with Crippen LogP contribution in [0.5, 0.6) is 0 Å². The van der Waals surface area contributed by atoms with E-state index in [2.05, 4.69) is 20.9 Å². The number of fused-ring (bicyclic) bond motifs is 1. The van der Waals surface area contributed by atoms with Crippen molar-refractivity contribution in [3.63, 3.8) is 0 Å². The van der Waals surface area contributed by atoms with E-state index in [4.69, 9.17) is 5.73 Å². The van der Waals surface area contributed by atoms with E-state index < -0.39 is 0 Å². The summed E-state index contributed by atoms with van der Waals surface area (Å²) in [5.74, 6) is 0. The second-order valence-corrected chi connectivity index (χ2v) is 3.83. The molecule has 4 heteroatoms. The summed E-state index contributed by atoms with van der Waals surface area (Å²) < 4.78 is 2.94. The third kappa shape index (κ3) is 1.36. The highest BCUT2D eigenvalue weighted by Gasteiger charge is 2.07. The van der Waals surface area contributed by atoms with Gasteiger partial charge in [-0.1, -0.05) is 6.07 Å². The van der Waals surface area contributed by atoms with Gasteiger partial charge in [0.15, 0.2) is 0 Å². The van der Waals surface area contributed by atoms with E-state index in [1.165, 1.54) is 0 Å². The van der Waals surface area contributed by atoms with Crippen molar-refractivity contribution in [2.24, 2.45) is 5.73 Å². The van der Waals surface area contributed by atoms with Crippen LogP contribution in [0.3, 0.4) is 0 Å². The van der Waals surface area contributed by atoms with E-state index in [9.17, 15) is 0 Å². The molecule has 0 bridgehead atoms. The fourth-order valence-electron chi connectivity index (χ4n) is 1.38. The molecule has 0 saturated heterocycles. The van der Waals surface area contributed by atoms with Gasteiger partial charge in [0.1, 0.15) is 10.3 Å². The highest BCUT2D eigenvalue weighted by molar-refractivity contribution is 9.10. The number of halogens is 1. The lowest BCUT2D eigenvalue weighted by molar-refractivity contribution is 0.759. The first-order valence-corrected chi connectivity index (χ1v) is 4.87. The molecule has 1 unspecified atom stereocenters. The summed E-state index contributed by atoms with van der Waals surface area (Å²) in [6, 6.07) is 5.93. The fourth-order valence-corrected chi connectivity index (χ4v) is 1.87. The van der Waals surface area contributed by atoms with Crippen LogP contribution < -0.4 is 5.73 Å². The molecule has 0 aliphatic carbocycles. The molecule has 68 valence electrons. The Balaban J connectivity index is 2.80. The zero-order valence-corrected chi connectivity index (χ0v) is 8.82. The van der Waals surface area contributed by atoms with Gasteiger partial charge in [-0.2, -0.15) is 0 Å². The second-order valence-electron chi connectivity index (χ2n) is 3.01. The SMILES string of the molecule is CC(N)c1cccc2ncc(Br)n12. The predicted octanol–water partition coefficient (Wildman–Crippen LogP) is 2.12. The summed E-state index contributed by atoms with van der Waals surface area (Å²) in [7, 11) is 0. The lowest BCUT2D eigenvalue weighted by Crippen LogP contribution is -2.10. The monoisotopic (exact) mass is 239 g/mol. The molecule has 0 spiro atoms. The third-order valence-corrected chi connectivity index (χ3v) is 2.54. The molecule has 3 nitrogen and oxygen atoms in total. The molecule has 2 rings (SSSR count). The number of rotatable bonds is 1. The Labute approximate surface area is 84.7 Å². The van der Waals surface area contributed by atoms with Crippen molar-refractivity contribution in [1.29, 1.82) is 0 Å². The van der Waals surface area contributed by atoms with Crippen molar-refractivity contribution in [2.75, 3.05) is 0 Å². The maximum Gasteiger partial charge on any atom is 0.137 e. The molecule has 0 fully saturated rings. The van der Waals surface area contributed by atoms with Crippen LogP contribution in [0.1, 0.15) is 18.7 Å². The topological polar surface area (TPSA) is 43.3 Å². The fraction of sp³-hybridized carbons (Fsp3) is 0.222. The van der Waals surface area contributed by atoms with Crippen LogP contribution in [0.4, 0.5) is 0 Å². The summed E-state index contributed by atoms with van der Waals surface area (Å²) in [6.07, 6.45) is 1.78. The van der Waals surface area contributed by atoms with Crippen LogP contribution in [0.2, 0.25) is 0 Å². The van der Waals surface area contributed by atoms with Crippen LogP contribution in [0.25, 0.3) is 5.65 Å². The van der Waals surface area contributed by atoms with Crippen LogP contribution in [0.15, 0.2) is 29.0 Å². The number of pyridine rings is 1. The Bertz CT molecular complexity index is 433. The van der Waals surface area contributed by atoms with Crippen LogP contribution in [0, 0.1) is 0 Å². The van der Waals surface area contributed by atoms with Crippen molar-refractivity contribution < 1.29 is 0 Å². The standard InChI is InChI=1S/C9H10BrN3/c1-6(11)7-3-2-4-9-12-5-8(10)13(7)9/h2-6H,11H2,1H3. The predicted molar refractivity (Wildman–Crippen MR) is 55.5 cm³/mol. The van der Waals surface area contributed by atoms with E-state index in [1.807, 2.05) is 29.5 Å². The van der Waals surface area contributed by atoms with E-state index in [0.717, 1.165) is 15.9 Å². The lowest BCUT2D eigenvalue weighted by atomic mass is 10.2. The molecule has 0 aromatic carbocycles. The Morgan fingerprint density at radius 2 is 2.31 bits per heavy atom. The summed E-state index contributed by atoms with van der Waals surface area (Å²) in [5, 5.41) is 0. The first-order valence-electron chi connectivity index (χ1n) is 4.07. The van der Waals surface area contributed by atoms with Crippen molar-refractivity contribution in [1.82, 2.24) is 9.38 Å². The van der Waals surface area contributed by atoms with Crippen molar-refractivity contribution in [2.45, 2.75) is 13.0 Å². The maximum absolute atomic E-state index is 5.84. The first-order chi connectivity index (χ1) is 6.20. The number of nitrogens with two attached hydrogens (primary N) is 1. The van der Waals surface area contributed by atoms with Gasteiger partial charge in [-0.3, -0.25) is 4.40 Å². The largest absolute Gasteiger partial charge is 0.323 e. The zero-order valence-electron chi connectivity index (χ0n) is 7.24. The molecule has 1 atom stereocenters. The smallest absolute Gasteiger partial charge is 0.137 e. The molecule has 0 aliphatic heterocycles. The zero-order chi connectivity index (χ0) is 9.42. The molecule has 13 heavy (non-hydrogen) atoms. The number of aromatic nitrogens is 2. The van der Waals surface area contributed by atoms with E-state index in [-0.39, 0.29) is 6.04 Å². The average Bonchev–Trinajstić information content (AvgIpc) is 2.48. The van der Waals surface area contributed by atoms with Gasteiger partial charge in [0.05, 0.1) is 6.20 Å². The van der Waals surface area contributed by atoms with Gasteiger partial charge < -0.3 is 5.73 Å². The number of hydrogen-bond acceptors (Lipinski definition) is 2. The Morgan fingerprint density at radius 3 is 3.00 bits per heavy atom. The lowest BCUT2D eigenvalue weighted by Gasteiger charge is -2.09. The molecular formula is C9H10BrN3. The molecule has 2 aromatic rings. The Kier molecular flexibility index (Phi) is 2.09. The maximum atomic E-state index is 5.84. The van der Waals surface area contributed by atoms with Crippen LogP contribution in [-0.4, -0.2) is 9.38 Å². The average molecular weight is 240 g/mol. The van der Waals surface area contributed by atoms with Gasteiger partial charge in [0, 0.05) is 11.7 Å². The highest BCUT2D eigenvalue weighted by atomic mass is 79.9. The molecule has 2 heterocycles. The minimum Gasteiger partial charge on any atom is -0.323 e. The first kappa shape index (κ1) is 8.72. The molecule has 0 saturated carbocycles. The number of imidazole rings is 1.